The number of aryl methyl sites for hydroxylation is 2. The molecule has 2 aromatic carbocycles. The van der Waals surface area contributed by atoms with Crippen molar-refractivity contribution in [3.63, 3.8) is 0 Å². The SMILES string of the molecule is Cn1c(=O)n(C)c2cc(-n3cc(/C(N)=N\O)c(=O)n(C4CCc5c4cccc5C(F)(F)F)c3=O)ccc21. The molecule has 1 aliphatic carbocycles. The summed E-state index contributed by atoms with van der Waals surface area (Å²) < 4.78 is 45.6. The molecule has 5 rings (SSSR count). The van der Waals surface area contributed by atoms with Gasteiger partial charge in [0.1, 0.15) is 5.56 Å². The summed E-state index contributed by atoms with van der Waals surface area (Å²) in [5.41, 5.74) is 4.19. The number of oxime groups is 1. The first-order valence-electron chi connectivity index (χ1n) is 11.2. The summed E-state index contributed by atoms with van der Waals surface area (Å²) >= 11 is 0. The maximum absolute atomic E-state index is 13.7. The molecule has 0 fully saturated rings. The van der Waals surface area contributed by atoms with Gasteiger partial charge in [-0.05, 0) is 48.2 Å². The highest BCUT2D eigenvalue weighted by molar-refractivity contribution is 5.96. The van der Waals surface area contributed by atoms with Crippen LogP contribution in [0.4, 0.5) is 13.2 Å². The van der Waals surface area contributed by atoms with Gasteiger partial charge < -0.3 is 10.9 Å². The van der Waals surface area contributed by atoms with E-state index in [1.54, 1.807) is 32.3 Å². The van der Waals surface area contributed by atoms with Crippen molar-refractivity contribution in [1.82, 2.24) is 18.3 Å². The fourth-order valence-corrected chi connectivity index (χ4v) is 5.07. The van der Waals surface area contributed by atoms with Crippen molar-refractivity contribution in [2.45, 2.75) is 25.1 Å². The Morgan fingerprint density at radius 1 is 1.05 bits per heavy atom. The Balaban J connectivity index is 1.79. The first-order valence-corrected chi connectivity index (χ1v) is 11.2. The lowest BCUT2D eigenvalue weighted by molar-refractivity contribution is -0.138. The molecule has 192 valence electrons. The summed E-state index contributed by atoms with van der Waals surface area (Å²) in [5.74, 6) is -0.567. The number of aromatic nitrogens is 4. The van der Waals surface area contributed by atoms with Crippen LogP contribution in [-0.4, -0.2) is 29.3 Å². The highest BCUT2D eigenvalue weighted by atomic mass is 19.4. The number of benzene rings is 2. The minimum atomic E-state index is -4.59. The molecule has 1 unspecified atom stereocenters. The molecule has 4 aromatic rings. The lowest BCUT2D eigenvalue weighted by Gasteiger charge is -2.19. The molecule has 0 saturated carbocycles. The van der Waals surface area contributed by atoms with Crippen molar-refractivity contribution in [3.8, 4) is 5.69 Å². The van der Waals surface area contributed by atoms with E-state index in [9.17, 15) is 32.8 Å². The molecule has 3 N–H and O–H groups in total. The lowest BCUT2D eigenvalue weighted by Crippen LogP contribution is -2.44. The van der Waals surface area contributed by atoms with Crippen LogP contribution in [0.25, 0.3) is 16.7 Å². The van der Waals surface area contributed by atoms with Crippen LogP contribution in [0.1, 0.15) is 34.7 Å². The number of hydrogen-bond donors (Lipinski definition) is 2. The van der Waals surface area contributed by atoms with Crippen LogP contribution in [-0.2, 0) is 26.7 Å². The smallest absolute Gasteiger partial charge is 0.409 e. The van der Waals surface area contributed by atoms with Crippen LogP contribution in [0.5, 0.6) is 0 Å². The second-order valence-electron chi connectivity index (χ2n) is 8.85. The van der Waals surface area contributed by atoms with E-state index >= 15 is 0 Å². The standard InChI is InChI=1S/C24H21F3N6O4/c1-30-18-8-6-12(10-19(18)31(2)22(30)35)32-11-15(20(28)29-37)21(34)33(23(32)36)17-9-7-13-14(17)4-3-5-16(13)24(25,26)27/h3-6,8,10-11,17,37H,7,9H2,1-2H3,(H2,28,29). The van der Waals surface area contributed by atoms with Gasteiger partial charge in [0, 0.05) is 20.3 Å². The molecule has 2 heterocycles. The van der Waals surface area contributed by atoms with E-state index in [0.717, 1.165) is 21.4 Å². The monoisotopic (exact) mass is 514 g/mol. The lowest BCUT2D eigenvalue weighted by atomic mass is 10.0. The summed E-state index contributed by atoms with van der Waals surface area (Å²) in [6.45, 7) is 0. The number of imidazole rings is 1. The maximum atomic E-state index is 13.7. The van der Waals surface area contributed by atoms with Gasteiger partial charge in [-0.2, -0.15) is 13.2 Å². The molecule has 0 saturated heterocycles. The quantitative estimate of drug-likeness (QED) is 0.187. The van der Waals surface area contributed by atoms with Crippen LogP contribution in [0.3, 0.4) is 0 Å². The Morgan fingerprint density at radius 2 is 1.76 bits per heavy atom. The van der Waals surface area contributed by atoms with Crippen molar-refractivity contribution in [2.75, 3.05) is 0 Å². The fraction of sp³-hybridized carbons (Fsp3) is 0.250. The molecular weight excluding hydrogens is 493 g/mol. The van der Waals surface area contributed by atoms with Gasteiger partial charge >= 0.3 is 17.6 Å². The number of amidine groups is 1. The van der Waals surface area contributed by atoms with E-state index in [-0.39, 0.29) is 40.9 Å². The molecule has 1 aliphatic rings. The zero-order chi connectivity index (χ0) is 26.8. The van der Waals surface area contributed by atoms with Crippen molar-refractivity contribution in [2.24, 2.45) is 25.0 Å². The largest absolute Gasteiger partial charge is 0.416 e. The predicted octanol–water partition coefficient (Wildman–Crippen LogP) is 1.84. The van der Waals surface area contributed by atoms with Gasteiger partial charge in [-0.1, -0.05) is 17.3 Å². The van der Waals surface area contributed by atoms with E-state index in [0.29, 0.717) is 11.0 Å². The summed E-state index contributed by atoms with van der Waals surface area (Å²) in [7, 11) is 3.16. The van der Waals surface area contributed by atoms with Crippen molar-refractivity contribution in [1.29, 1.82) is 0 Å². The number of rotatable bonds is 3. The van der Waals surface area contributed by atoms with Crippen LogP contribution in [0.2, 0.25) is 0 Å². The molecule has 37 heavy (non-hydrogen) atoms. The van der Waals surface area contributed by atoms with Crippen molar-refractivity contribution in [3.05, 3.63) is 96.2 Å². The number of hydrogen-bond acceptors (Lipinski definition) is 5. The summed E-state index contributed by atoms with van der Waals surface area (Å²) in [6, 6.07) is 7.40. The summed E-state index contributed by atoms with van der Waals surface area (Å²) in [6.07, 6.45) is -3.40. The molecule has 0 aliphatic heterocycles. The molecule has 0 amide bonds. The molecule has 0 bridgehead atoms. The average Bonchev–Trinajstić information content (AvgIpc) is 3.38. The topological polar surface area (TPSA) is 130 Å². The van der Waals surface area contributed by atoms with Gasteiger partial charge in [-0.15, -0.1) is 0 Å². The first kappa shape index (κ1) is 24.2. The second-order valence-corrected chi connectivity index (χ2v) is 8.85. The average molecular weight is 514 g/mol. The van der Waals surface area contributed by atoms with Gasteiger partial charge in [-0.3, -0.25) is 23.1 Å². The van der Waals surface area contributed by atoms with Crippen molar-refractivity contribution < 1.29 is 18.4 Å². The summed E-state index contributed by atoms with van der Waals surface area (Å²) in [5, 5.41) is 12.1. The van der Waals surface area contributed by atoms with E-state index in [2.05, 4.69) is 5.16 Å². The van der Waals surface area contributed by atoms with Gasteiger partial charge in [0.25, 0.3) is 5.56 Å². The number of nitrogens with zero attached hydrogens (tertiary/aromatic N) is 5. The highest BCUT2D eigenvalue weighted by Gasteiger charge is 2.38. The van der Waals surface area contributed by atoms with Gasteiger partial charge in [0.15, 0.2) is 5.84 Å². The maximum Gasteiger partial charge on any atom is 0.416 e. The Kier molecular flexibility index (Phi) is 5.39. The molecule has 13 heteroatoms. The third-order valence-corrected chi connectivity index (χ3v) is 6.89. The van der Waals surface area contributed by atoms with Crippen LogP contribution >= 0.6 is 0 Å². The fourth-order valence-electron chi connectivity index (χ4n) is 5.07. The Morgan fingerprint density at radius 3 is 2.43 bits per heavy atom. The summed E-state index contributed by atoms with van der Waals surface area (Å²) in [4.78, 5) is 39.4. The molecule has 0 spiro atoms. The molecule has 10 nitrogen and oxygen atoms in total. The van der Waals surface area contributed by atoms with Gasteiger partial charge in [0.2, 0.25) is 0 Å². The highest BCUT2D eigenvalue weighted by Crippen LogP contribution is 2.41. The van der Waals surface area contributed by atoms with E-state index in [4.69, 9.17) is 5.73 Å². The van der Waals surface area contributed by atoms with Gasteiger partial charge in [-0.25, -0.2) is 9.59 Å². The van der Waals surface area contributed by atoms with Crippen LogP contribution < -0.4 is 22.7 Å². The Labute approximate surface area is 205 Å². The molecular formula is C24H21F3N6O4. The van der Waals surface area contributed by atoms with Crippen LogP contribution in [0.15, 0.2) is 62.1 Å². The minimum absolute atomic E-state index is 0.00739. The Hall–Kier alpha value is -4.55. The number of alkyl halides is 3. The van der Waals surface area contributed by atoms with Crippen molar-refractivity contribution >= 4 is 16.9 Å². The zero-order valence-electron chi connectivity index (χ0n) is 19.7. The van der Waals surface area contributed by atoms with E-state index in [1.165, 1.54) is 21.3 Å². The minimum Gasteiger partial charge on any atom is -0.409 e. The Bertz CT molecular complexity index is 1790. The number of nitrogens with two attached hydrogens (primary N) is 1. The normalized spacial score (nSPS) is 15.9. The van der Waals surface area contributed by atoms with E-state index in [1.807, 2.05) is 0 Å². The first-order chi connectivity index (χ1) is 17.5. The zero-order valence-corrected chi connectivity index (χ0v) is 19.7. The number of halogens is 3. The van der Waals surface area contributed by atoms with Crippen LogP contribution in [0, 0.1) is 0 Å². The van der Waals surface area contributed by atoms with Gasteiger partial charge in [0.05, 0.1) is 28.3 Å². The second kappa shape index (κ2) is 8.25. The van der Waals surface area contributed by atoms with E-state index < -0.39 is 34.9 Å². The predicted molar refractivity (Wildman–Crippen MR) is 128 cm³/mol. The molecule has 2 aromatic heterocycles. The molecule has 0 radical (unpaired) electrons. The molecule has 1 atom stereocenters. The third-order valence-electron chi connectivity index (χ3n) is 6.89. The third kappa shape index (κ3) is 3.57. The number of fused-ring (bicyclic) bond motifs is 2.